The van der Waals surface area contributed by atoms with Crippen LogP contribution in [-0.4, -0.2) is 24.1 Å². The van der Waals surface area contributed by atoms with E-state index >= 15 is 0 Å². The van der Waals surface area contributed by atoms with Gasteiger partial charge in [0, 0.05) is 17.8 Å². The van der Waals surface area contributed by atoms with Gasteiger partial charge in [0.25, 0.3) is 5.91 Å². The highest BCUT2D eigenvalue weighted by Crippen LogP contribution is 2.57. The van der Waals surface area contributed by atoms with Crippen molar-refractivity contribution >= 4 is 35.0 Å². The van der Waals surface area contributed by atoms with Crippen molar-refractivity contribution in [2.75, 3.05) is 22.1 Å². The first kappa shape index (κ1) is 16.9. The molecule has 3 aliphatic heterocycles. The van der Waals surface area contributed by atoms with Crippen LogP contribution in [0.2, 0.25) is 0 Å². The SMILES string of the molecule is CC(C)c1ccc(N2C(=O)CS[C@]23C(=O)N2CCCc4cccc3c42)cc1. The van der Waals surface area contributed by atoms with E-state index in [1.54, 1.807) is 4.90 Å². The molecular weight excluding hydrogens is 356 g/mol. The van der Waals surface area contributed by atoms with Gasteiger partial charge in [-0.25, -0.2) is 0 Å². The van der Waals surface area contributed by atoms with E-state index in [0.717, 1.165) is 36.3 Å². The molecule has 0 N–H and O–H groups in total. The fraction of sp³-hybridized carbons (Fsp3) is 0.364. The third-order valence-corrected chi connectivity index (χ3v) is 7.29. The summed E-state index contributed by atoms with van der Waals surface area (Å²) in [6, 6.07) is 14.3. The number of nitrogens with zero attached hydrogens (tertiary/aromatic N) is 2. The summed E-state index contributed by atoms with van der Waals surface area (Å²) in [6.45, 7) is 5.04. The van der Waals surface area contributed by atoms with Gasteiger partial charge in [-0.05, 0) is 42.0 Å². The summed E-state index contributed by atoms with van der Waals surface area (Å²) in [6.07, 6.45) is 1.96. The summed E-state index contributed by atoms with van der Waals surface area (Å²) in [4.78, 5) is 29.3. The summed E-state index contributed by atoms with van der Waals surface area (Å²) in [7, 11) is 0. The number of benzene rings is 2. The summed E-state index contributed by atoms with van der Waals surface area (Å²) in [5, 5.41) is 0. The first-order chi connectivity index (χ1) is 13.0. The van der Waals surface area contributed by atoms with Crippen LogP contribution in [0.15, 0.2) is 42.5 Å². The highest BCUT2D eigenvalue weighted by molar-refractivity contribution is 8.02. The number of carbonyl (C=O) groups excluding carboxylic acids is 2. The standard InChI is InChI=1S/C22H22N2O2S/c1-14(2)15-8-10-17(11-9-15)24-19(25)13-27-22(24)18-7-3-5-16-6-4-12-23(20(16)18)21(22)26/h3,5,7-11,14H,4,6,12-13H2,1-2H3/t22-/m1/s1. The summed E-state index contributed by atoms with van der Waals surface area (Å²) in [5.41, 5.74) is 5.28. The smallest absolute Gasteiger partial charge is 0.268 e. The number of thioether (sulfide) groups is 1. The molecule has 3 aliphatic rings. The molecule has 0 unspecified atom stereocenters. The van der Waals surface area contributed by atoms with Gasteiger partial charge in [-0.15, -0.1) is 11.8 Å². The van der Waals surface area contributed by atoms with Gasteiger partial charge in [0.15, 0.2) is 0 Å². The number of hydrogen-bond donors (Lipinski definition) is 0. The molecule has 27 heavy (non-hydrogen) atoms. The fourth-order valence-electron chi connectivity index (χ4n) is 4.59. The molecule has 5 heteroatoms. The average molecular weight is 378 g/mol. The predicted octanol–water partition coefficient (Wildman–Crippen LogP) is 4.04. The Morgan fingerprint density at radius 1 is 1.07 bits per heavy atom. The number of fused-ring (bicyclic) bond motifs is 1. The van der Waals surface area contributed by atoms with Crippen molar-refractivity contribution in [2.45, 2.75) is 37.5 Å². The maximum atomic E-state index is 13.6. The van der Waals surface area contributed by atoms with Crippen molar-refractivity contribution in [1.82, 2.24) is 0 Å². The van der Waals surface area contributed by atoms with Crippen molar-refractivity contribution in [3.05, 3.63) is 59.2 Å². The molecule has 0 radical (unpaired) electrons. The molecule has 2 aromatic carbocycles. The molecule has 138 valence electrons. The lowest BCUT2D eigenvalue weighted by Gasteiger charge is -2.33. The Balaban J connectivity index is 1.68. The third-order valence-electron chi connectivity index (χ3n) is 5.90. The van der Waals surface area contributed by atoms with Gasteiger partial charge < -0.3 is 4.90 Å². The quantitative estimate of drug-likeness (QED) is 0.792. The maximum Gasteiger partial charge on any atom is 0.268 e. The normalized spacial score (nSPS) is 23.7. The monoisotopic (exact) mass is 378 g/mol. The Kier molecular flexibility index (Phi) is 3.66. The van der Waals surface area contributed by atoms with Crippen LogP contribution >= 0.6 is 11.8 Å². The van der Waals surface area contributed by atoms with E-state index in [0.29, 0.717) is 11.7 Å². The van der Waals surface area contributed by atoms with E-state index in [1.165, 1.54) is 22.9 Å². The van der Waals surface area contributed by atoms with Crippen LogP contribution in [0.5, 0.6) is 0 Å². The fourth-order valence-corrected chi connectivity index (χ4v) is 5.94. The average Bonchev–Trinajstić information content (AvgIpc) is 3.15. The molecule has 1 atom stereocenters. The Labute approximate surface area is 163 Å². The van der Waals surface area contributed by atoms with Crippen LogP contribution in [0, 0.1) is 0 Å². The first-order valence-corrected chi connectivity index (χ1v) is 10.5. The van der Waals surface area contributed by atoms with E-state index in [9.17, 15) is 9.59 Å². The maximum absolute atomic E-state index is 13.6. The highest BCUT2D eigenvalue weighted by atomic mass is 32.2. The number of hydrogen-bond acceptors (Lipinski definition) is 3. The molecule has 1 saturated heterocycles. The van der Waals surface area contributed by atoms with Gasteiger partial charge in [0.2, 0.25) is 10.8 Å². The Morgan fingerprint density at radius 3 is 2.59 bits per heavy atom. The molecule has 1 spiro atoms. The molecule has 1 fully saturated rings. The second kappa shape index (κ2) is 5.86. The number of carbonyl (C=O) groups is 2. The summed E-state index contributed by atoms with van der Waals surface area (Å²) in [5.74, 6) is 0.795. The molecule has 0 saturated carbocycles. The van der Waals surface area contributed by atoms with Crippen molar-refractivity contribution < 1.29 is 9.59 Å². The van der Waals surface area contributed by atoms with Gasteiger partial charge in [-0.2, -0.15) is 0 Å². The Bertz CT molecular complexity index is 953. The molecule has 0 bridgehead atoms. The lowest BCUT2D eigenvalue weighted by atomic mass is 9.97. The van der Waals surface area contributed by atoms with E-state index < -0.39 is 4.87 Å². The van der Waals surface area contributed by atoms with Crippen LogP contribution in [0.4, 0.5) is 11.4 Å². The summed E-state index contributed by atoms with van der Waals surface area (Å²) >= 11 is 1.47. The van der Waals surface area contributed by atoms with Crippen molar-refractivity contribution in [2.24, 2.45) is 0 Å². The molecule has 2 amide bonds. The van der Waals surface area contributed by atoms with Crippen LogP contribution in [-0.2, 0) is 20.9 Å². The molecule has 0 aliphatic carbocycles. The zero-order valence-corrected chi connectivity index (χ0v) is 16.4. The molecule has 3 heterocycles. The molecule has 0 aromatic heterocycles. The number of anilines is 2. The lowest BCUT2D eigenvalue weighted by molar-refractivity contribution is -0.123. The van der Waals surface area contributed by atoms with Crippen molar-refractivity contribution in [3.8, 4) is 0 Å². The van der Waals surface area contributed by atoms with Crippen molar-refractivity contribution in [3.63, 3.8) is 0 Å². The number of rotatable bonds is 2. The Morgan fingerprint density at radius 2 is 1.85 bits per heavy atom. The molecule has 2 aromatic rings. The summed E-state index contributed by atoms with van der Waals surface area (Å²) < 4.78 is 0. The largest absolute Gasteiger partial charge is 0.309 e. The minimum atomic E-state index is -0.952. The van der Waals surface area contributed by atoms with E-state index in [4.69, 9.17) is 0 Å². The van der Waals surface area contributed by atoms with Crippen molar-refractivity contribution in [1.29, 1.82) is 0 Å². The predicted molar refractivity (Wildman–Crippen MR) is 109 cm³/mol. The second-order valence-corrected chi connectivity index (χ2v) is 8.95. The Hall–Kier alpha value is -2.27. The van der Waals surface area contributed by atoms with E-state index in [1.807, 2.05) is 29.2 Å². The minimum absolute atomic E-state index is 0.00287. The van der Waals surface area contributed by atoms with Gasteiger partial charge >= 0.3 is 0 Å². The van der Waals surface area contributed by atoms with Crippen LogP contribution in [0.25, 0.3) is 0 Å². The molecular formula is C22H22N2O2S. The number of para-hydroxylation sites is 1. The number of aryl methyl sites for hydroxylation is 1. The third kappa shape index (κ3) is 2.18. The van der Waals surface area contributed by atoms with Crippen LogP contribution in [0.3, 0.4) is 0 Å². The topological polar surface area (TPSA) is 40.6 Å². The zero-order chi connectivity index (χ0) is 18.8. The van der Waals surface area contributed by atoms with Gasteiger partial charge in [0.1, 0.15) is 0 Å². The minimum Gasteiger partial charge on any atom is -0.309 e. The zero-order valence-electron chi connectivity index (χ0n) is 15.6. The molecule has 4 nitrogen and oxygen atoms in total. The van der Waals surface area contributed by atoms with Gasteiger partial charge in [-0.1, -0.05) is 44.2 Å². The lowest BCUT2D eigenvalue weighted by Crippen LogP contribution is -2.50. The van der Waals surface area contributed by atoms with Crippen LogP contribution < -0.4 is 9.80 Å². The second-order valence-electron chi connectivity index (χ2n) is 7.78. The van der Waals surface area contributed by atoms with Gasteiger partial charge in [0.05, 0.1) is 11.4 Å². The van der Waals surface area contributed by atoms with E-state index in [2.05, 4.69) is 32.0 Å². The van der Waals surface area contributed by atoms with Crippen LogP contribution in [0.1, 0.15) is 42.9 Å². The van der Waals surface area contributed by atoms with Gasteiger partial charge in [-0.3, -0.25) is 14.5 Å². The van der Waals surface area contributed by atoms with E-state index in [-0.39, 0.29) is 11.8 Å². The molecule has 5 rings (SSSR count). The first-order valence-electron chi connectivity index (χ1n) is 9.55. The highest BCUT2D eigenvalue weighted by Gasteiger charge is 2.61. The number of amides is 2.